The van der Waals surface area contributed by atoms with Crippen molar-refractivity contribution in [2.75, 3.05) is 13.2 Å². The maximum Gasteiger partial charge on any atom is 0.0671 e. The van der Waals surface area contributed by atoms with Crippen molar-refractivity contribution >= 4 is 0 Å². The van der Waals surface area contributed by atoms with Crippen molar-refractivity contribution in [2.24, 2.45) is 0 Å². The molecule has 0 heterocycles. The Morgan fingerprint density at radius 1 is 1.89 bits per heavy atom. The lowest BCUT2D eigenvalue weighted by Gasteiger charge is -2.11. The van der Waals surface area contributed by atoms with Crippen LogP contribution < -0.4 is 5.59 Å². The lowest BCUT2D eigenvalue weighted by atomic mass is 10.7. The average molecular weight is 132 g/mol. The number of hydrazine groups is 1. The number of hydrogen-bond donors (Lipinski definition) is 2. The summed E-state index contributed by atoms with van der Waals surface area (Å²) in [5.41, 5.74) is 2.25. The molecule has 4 heteroatoms. The quantitative estimate of drug-likeness (QED) is 0.417. The van der Waals surface area contributed by atoms with Crippen LogP contribution >= 0.6 is 0 Å². The van der Waals surface area contributed by atoms with Crippen molar-refractivity contribution in [3.63, 3.8) is 0 Å². The zero-order valence-electron chi connectivity index (χ0n) is 5.50. The van der Waals surface area contributed by atoms with Gasteiger partial charge >= 0.3 is 0 Å². The molecule has 54 valence electrons. The Labute approximate surface area is 54.6 Å². The molecule has 0 spiro atoms. The molecule has 0 aromatic carbocycles. The minimum absolute atomic E-state index is 0.333. The number of hydroxylamine groups is 1. The average Bonchev–Trinajstić information content (AvgIpc) is 1.85. The van der Waals surface area contributed by atoms with Gasteiger partial charge in [-0.25, -0.2) is 0 Å². The lowest BCUT2D eigenvalue weighted by Crippen LogP contribution is -2.34. The summed E-state index contributed by atoms with van der Waals surface area (Å²) >= 11 is 0. The third-order valence-corrected chi connectivity index (χ3v) is 0.616. The van der Waals surface area contributed by atoms with Crippen LogP contribution in [-0.4, -0.2) is 23.5 Å². The van der Waals surface area contributed by atoms with E-state index in [1.54, 1.807) is 6.08 Å². The molecule has 9 heavy (non-hydrogen) atoms. The van der Waals surface area contributed by atoms with Crippen molar-refractivity contribution < 1.29 is 10.0 Å². The Kier molecular flexibility index (Phi) is 5.45. The van der Waals surface area contributed by atoms with Gasteiger partial charge in [-0.2, -0.15) is 0 Å². The highest BCUT2D eigenvalue weighted by atomic mass is 16.7. The molecule has 0 aromatic heterocycles. The van der Waals surface area contributed by atoms with E-state index in [2.05, 4.69) is 17.0 Å². The van der Waals surface area contributed by atoms with E-state index in [1.165, 1.54) is 0 Å². The molecule has 0 saturated heterocycles. The molecule has 0 aliphatic heterocycles. The molecule has 2 N–H and O–H groups in total. The normalized spacial score (nSPS) is 10.1. The van der Waals surface area contributed by atoms with Crippen molar-refractivity contribution in [3.8, 4) is 0 Å². The number of rotatable bonds is 5. The van der Waals surface area contributed by atoms with E-state index >= 15 is 0 Å². The van der Waals surface area contributed by atoms with Crippen molar-refractivity contribution in [3.05, 3.63) is 12.7 Å². The fraction of sp³-hybridized carbons (Fsp3) is 0.600. The van der Waals surface area contributed by atoms with Gasteiger partial charge in [-0.15, -0.1) is 12.2 Å². The summed E-state index contributed by atoms with van der Waals surface area (Å²) in [6, 6.07) is 0. The number of hydrogen-bond acceptors (Lipinski definition) is 4. The van der Waals surface area contributed by atoms with E-state index in [0.29, 0.717) is 13.2 Å². The van der Waals surface area contributed by atoms with Crippen LogP contribution in [0.4, 0.5) is 0 Å². The van der Waals surface area contributed by atoms with Crippen molar-refractivity contribution in [1.82, 2.24) is 10.8 Å². The maximum atomic E-state index is 8.71. The Morgan fingerprint density at radius 2 is 2.56 bits per heavy atom. The van der Waals surface area contributed by atoms with Gasteiger partial charge in [0.05, 0.1) is 13.2 Å². The van der Waals surface area contributed by atoms with Crippen molar-refractivity contribution in [1.29, 1.82) is 0 Å². The van der Waals surface area contributed by atoms with Gasteiger partial charge in [0, 0.05) is 0 Å². The van der Waals surface area contributed by atoms with E-state index in [0.717, 1.165) is 5.17 Å². The Bertz CT molecular complexity index is 77.4. The first-order chi connectivity index (χ1) is 4.31. The summed E-state index contributed by atoms with van der Waals surface area (Å²) in [6.45, 7) is 6.07. The fourth-order valence-corrected chi connectivity index (χ4v) is 0.299. The zero-order chi connectivity index (χ0) is 7.11. The molecule has 0 radical (unpaired) electrons. The highest BCUT2D eigenvalue weighted by Gasteiger charge is 1.91. The summed E-state index contributed by atoms with van der Waals surface area (Å²) in [6.07, 6.45) is 1.55. The molecule has 0 aliphatic rings. The Morgan fingerprint density at radius 3 is 3.00 bits per heavy atom. The molecule has 0 fully saturated rings. The van der Waals surface area contributed by atoms with Crippen LogP contribution in [0.5, 0.6) is 0 Å². The second kappa shape index (κ2) is 5.71. The summed E-state index contributed by atoms with van der Waals surface area (Å²) in [5.74, 6) is 0. The van der Waals surface area contributed by atoms with Gasteiger partial charge in [0.15, 0.2) is 0 Å². The van der Waals surface area contributed by atoms with E-state index in [4.69, 9.17) is 5.21 Å². The van der Waals surface area contributed by atoms with E-state index < -0.39 is 0 Å². The maximum absolute atomic E-state index is 8.71. The standard InChI is InChI=1S/C5H12N2O2/c1-3-5-7(8)6-9-4-2/h3,6,8H,1,4-5H2,2H3. The van der Waals surface area contributed by atoms with Gasteiger partial charge in [-0.3, -0.25) is 10.0 Å². The van der Waals surface area contributed by atoms with Crippen LogP contribution in [0, 0.1) is 0 Å². The zero-order valence-corrected chi connectivity index (χ0v) is 5.50. The number of nitrogens with zero attached hydrogens (tertiary/aromatic N) is 1. The van der Waals surface area contributed by atoms with Crippen LogP contribution in [0.15, 0.2) is 12.7 Å². The molecular weight excluding hydrogens is 120 g/mol. The van der Waals surface area contributed by atoms with Gasteiger partial charge in [0.2, 0.25) is 0 Å². The van der Waals surface area contributed by atoms with Gasteiger partial charge in [-0.1, -0.05) is 11.2 Å². The number of nitrogens with one attached hydrogen (secondary N) is 1. The summed E-state index contributed by atoms with van der Waals surface area (Å²) in [4.78, 5) is 4.63. The molecule has 0 aliphatic carbocycles. The van der Waals surface area contributed by atoms with Crippen LogP contribution in [0.25, 0.3) is 0 Å². The van der Waals surface area contributed by atoms with Gasteiger partial charge in [0.25, 0.3) is 0 Å². The first kappa shape index (κ1) is 8.58. The first-order valence-electron chi connectivity index (χ1n) is 2.76. The summed E-state index contributed by atoms with van der Waals surface area (Å²) in [7, 11) is 0. The molecule has 0 bridgehead atoms. The molecule has 0 atom stereocenters. The smallest absolute Gasteiger partial charge is 0.0671 e. The second-order valence-corrected chi connectivity index (χ2v) is 1.40. The predicted molar refractivity (Wildman–Crippen MR) is 33.5 cm³/mol. The van der Waals surface area contributed by atoms with Gasteiger partial charge in [-0.05, 0) is 6.92 Å². The molecule has 0 aromatic rings. The molecular formula is C5H12N2O2. The van der Waals surface area contributed by atoms with E-state index in [-0.39, 0.29) is 0 Å². The second-order valence-electron chi connectivity index (χ2n) is 1.40. The van der Waals surface area contributed by atoms with Crippen LogP contribution in [0.2, 0.25) is 0 Å². The van der Waals surface area contributed by atoms with Crippen LogP contribution in [0.3, 0.4) is 0 Å². The van der Waals surface area contributed by atoms with Gasteiger partial charge in [0.1, 0.15) is 0 Å². The highest BCUT2D eigenvalue weighted by molar-refractivity contribution is 4.66. The Hall–Kier alpha value is -0.420. The third kappa shape index (κ3) is 5.45. The first-order valence-corrected chi connectivity index (χ1v) is 2.76. The minimum Gasteiger partial charge on any atom is -0.297 e. The summed E-state index contributed by atoms with van der Waals surface area (Å²) < 4.78 is 0. The molecule has 0 saturated carbocycles. The molecule has 4 nitrogen and oxygen atoms in total. The van der Waals surface area contributed by atoms with E-state index in [9.17, 15) is 0 Å². The SMILES string of the molecule is C=CCN(O)NOCC. The monoisotopic (exact) mass is 132 g/mol. The minimum atomic E-state index is 0.333. The van der Waals surface area contributed by atoms with Crippen LogP contribution in [0.1, 0.15) is 6.92 Å². The topological polar surface area (TPSA) is 44.7 Å². The lowest BCUT2D eigenvalue weighted by molar-refractivity contribution is -0.229. The molecule has 0 rings (SSSR count). The fourth-order valence-electron chi connectivity index (χ4n) is 0.299. The van der Waals surface area contributed by atoms with Crippen LogP contribution in [-0.2, 0) is 4.84 Å². The molecule has 0 amide bonds. The summed E-state index contributed by atoms with van der Waals surface area (Å²) in [5, 5.41) is 9.51. The Balaban J connectivity index is 3.04. The van der Waals surface area contributed by atoms with Gasteiger partial charge < -0.3 is 0 Å². The third-order valence-electron chi connectivity index (χ3n) is 0.616. The van der Waals surface area contributed by atoms with Crippen molar-refractivity contribution in [2.45, 2.75) is 6.92 Å². The molecule has 0 unspecified atom stereocenters. The largest absolute Gasteiger partial charge is 0.297 e. The highest BCUT2D eigenvalue weighted by Crippen LogP contribution is 1.74. The van der Waals surface area contributed by atoms with E-state index in [1.807, 2.05) is 6.92 Å². The predicted octanol–water partition coefficient (Wildman–Crippen LogP) is 0.320.